The Labute approximate surface area is 137 Å². The summed E-state index contributed by atoms with van der Waals surface area (Å²) in [5.41, 5.74) is 0. The molecule has 0 radical (unpaired) electrons. The van der Waals surface area contributed by atoms with Gasteiger partial charge in [0.05, 0.1) is 5.01 Å². The fourth-order valence-electron chi connectivity index (χ4n) is 1.66. The van der Waals surface area contributed by atoms with Crippen LogP contribution < -0.4 is 10.6 Å². The lowest BCUT2D eigenvalue weighted by Gasteiger charge is -2.15. The molecule has 124 valence electrons. The molecule has 1 rings (SSSR count). The van der Waals surface area contributed by atoms with E-state index in [1.807, 2.05) is 11.6 Å². The lowest BCUT2D eigenvalue weighted by molar-refractivity contribution is -0.127. The number of rotatable bonds is 8. The van der Waals surface area contributed by atoms with Crippen LogP contribution in [0.2, 0.25) is 0 Å². The first-order chi connectivity index (χ1) is 10.5. The molecule has 0 bridgehead atoms. The Hall–Kier alpha value is -1.63. The van der Waals surface area contributed by atoms with E-state index in [0.717, 1.165) is 30.9 Å². The first-order valence-corrected chi connectivity index (χ1v) is 8.54. The van der Waals surface area contributed by atoms with Gasteiger partial charge in [0.1, 0.15) is 6.54 Å². The largest absolute Gasteiger partial charge is 0.356 e. The van der Waals surface area contributed by atoms with Crippen LogP contribution in [0.5, 0.6) is 0 Å². The van der Waals surface area contributed by atoms with Crippen LogP contribution in [0.15, 0.2) is 16.6 Å². The van der Waals surface area contributed by atoms with Crippen molar-refractivity contribution >= 4 is 23.2 Å². The number of guanidine groups is 1. The molecule has 1 unspecified atom stereocenters. The van der Waals surface area contributed by atoms with Crippen molar-refractivity contribution in [3.05, 3.63) is 16.6 Å². The Bertz CT molecular complexity index is 459. The summed E-state index contributed by atoms with van der Waals surface area (Å²) in [5, 5.41) is 9.65. The summed E-state index contributed by atoms with van der Waals surface area (Å²) in [7, 11) is 3.47. The van der Waals surface area contributed by atoms with Crippen LogP contribution in [0.25, 0.3) is 0 Å². The lowest BCUT2D eigenvalue weighted by atomic mass is 10.2. The molecular weight excluding hydrogens is 298 g/mol. The zero-order chi connectivity index (χ0) is 16.4. The molecule has 0 aliphatic rings. The van der Waals surface area contributed by atoms with E-state index < -0.39 is 0 Å². The topological polar surface area (TPSA) is 69.6 Å². The number of carbonyl (C=O) groups excluding carboxylic acids is 1. The Morgan fingerprint density at radius 3 is 2.82 bits per heavy atom. The summed E-state index contributed by atoms with van der Waals surface area (Å²) in [5.74, 6) is 0.986. The zero-order valence-corrected chi connectivity index (χ0v) is 14.7. The zero-order valence-electron chi connectivity index (χ0n) is 13.9. The van der Waals surface area contributed by atoms with Gasteiger partial charge >= 0.3 is 0 Å². The summed E-state index contributed by atoms with van der Waals surface area (Å²) in [6.07, 6.45) is 4.01. The number of carbonyl (C=O) groups is 1. The van der Waals surface area contributed by atoms with Gasteiger partial charge in [-0.3, -0.25) is 4.79 Å². The Morgan fingerprint density at radius 2 is 2.23 bits per heavy atom. The molecule has 0 aliphatic heterocycles. The molecule has 0 aliphatic carbocycles. The van der Waals surface area contributed by atoms with Crippen LogP contribution in [-0.4, -0.2) is 55.5 Å². The standard InChI is InChI=1S/C15H27N5OS/c1-5-6-7-17-15(19-11-13(21)20(3)4)18-10-12(2)14-16-8-9-22-14/h8-9,12H,5-7,10-11H2,1-4H3,(H2,17,18,19). The third-order valence-corrected chi connectivity index (χ3v) is 4.15. The molecule has 0 saturated carbocycles. The molecule has 1 amide bonds. The van der Waals surface area contributed by atoms with Gasteiger partial charge in [0.2, 0.25) is 5.91 Å². The number of aromatic nitrogens is 1. The van der Waals surface area contributed by atoms with Gasteiger partial charge in [0.25, 0.3) is 0 Å². The second-order valence-corrected chi connectivity index (χ2v) is 6.31. The molecule has 7 heteroatoms. The number of nitrogens with zero attached hydrogens (tertiary/aromatic N) is 3. The minimum atomic E-state index is -0.00966. The summed E-state index contributed by atoms with van der Waals surface area (Å²) in [6, 6.07) is 0. The van der Waals surface area contributed by atoms with Gasteiger partial charge in [-0.2, -0.15) is 0 Å². The molecule has 1 heterocycles. The van der Waals surface area contributed by atoms with Crippen molar-refractivity contribution in [1.82, 2.24) is 20.5 Å². The molecule has 22 heavy (non-hydrogen) atoms. The number of likely N-dealkylation sites (N-methyl/N-ethyl adjacent to an activating group) is 1. The summed E-state index contributed by atoms with van der Waals surface area (Å²) in [4.78, 5) is 21.9. The normalized spacial score (nSPS) is 12.8. The number of aliphatic imine (C=N–C) groups is 1. The maximum Gasteiger partial charge on any atom is 0.243 e. The van der Waals surface area contributed by atoms with Crippen LogP contribution in [0.3, 0.4) is 0 Å². The van der Waals surface area contributed by atoms with E-state index in [1.54, 1.807) is 30.3 Å². The van der Waals surface area contributed by atoms with Gasteiger partial charge in [0, 0.05) is 44.7 Å². The van der Waals surface area contributed by atoms with Crippen LogP contribution in [0.4, 0.5) is 0 Å². The molecule has 2 N–H and O–H groups in total. The molecule has 0 spiro atoms. The SMILES string of the molecule is CCCCNC(=NCC(=O)N(C)C)NCC(C)c1nccs1. The van der Waals surface area contributed by atoms with Crippen molar-refractivity contribution in [2.45, 2.75) is 32.6 Å². The fraction of sp³-hybridized carbons (Fsp3) is 0.667. The molecule has 0 aromatic carbocycles. The molecule has 1 atom stereocenters. The van der Waals surface area contributed by atoms with Gasteiger partial charge < -0.3 is 15.5 Å². The van der Waals surface area contributed by atoms with E-state index in [1.165, 1.54) is 0 Å². The fourth-order valence-corrected chi connectivity index (χ4v) is 2.36. The van der Waals surface area contributed by atoms with E-state index >= 15 is 0 Å². The van der Waals surface area contributed by atoms with E-state index in [4.69, 9.17) is 0 Å². The molecule has 0 saturated heterocycles. The third kappa shape index (κ3) is 6.89. The lowest BCUT2D eigenvalue weighted by Crippen LogP contribution is -2.40. The maximum absolute atomic E-state index is 11.7. The average Bonchev–Trinajstić information content (AvgIpc) is 3.03. The highest BCUT2D eigenvalue weighted by Gasteiger charge is 2.10. The third-order valence-electron chi connectivity index (χ3n) is 3.14. The van der Waals surface area contributed by atoms with Gasteiger partial charge in [0.15, 0.2) is 5.96 Å². The van der Waals surface area contributed by atoms with Crippen LogP contribution in [0.1, 0.15) is 37.6 Å². The highest BCUT2D eigenvalue weighted by molar-refractivity contribution is 7.09. The second-order valence-electron chi connectivity index (χ2n) is 5.39. The average molecular weight is 325 g/mol. The number of amides is 1. The highest BCUT2D eigenvalue weighted by Crippen LogP contribution is 2.16. The number of hydrogen-bond acceptors (Lipinski definition) is 4. The molecule has 1 aromatic heterocycles. The number of unbranched alkanes of at least 4 members (excludes halogenated alkanes) is 1. The van der Waals surface area contributed by atoms with E-state index in [2.05, 4.69) is 34.5 Å². The van der Waals surface area contributed by atoms with Gasteiger partial charge in [-0.15, -0.1) is 11.3 Å². The Kier molecular flexibility index (Phi) is 8.50. The number of nitrogens with one attached hydrogen (secondary N) is 2. The molecular formula is C15H27N5OS. The number of thiazole rings is 1. The molecule has 0 fully saturated rings. The summed E-state index contributed by atoms with van der Waals surface area (Å²) >= 11 is 1.65. The first-order valence-electron chi connectivity index (χ1n) is 7.66. The van der Waals surface area contributed by atoms with Crippen molar-refractivity contribution in [3.8, 4) is 0 Å². The minimum Gasteiger partial charge on any atom is -0.356 e. The van der Waals surface area contributed by atoms with Crippen molar-refractivity contribution in [3.63, 3.8) is 0 Å². The monoisotopic (exact) mass is 325 g/mol. The van der Waals surface area contributed by atoms with Crippen molar-refractivity contribution < 1.29 is 4.79 Å². The van der Waals surface area contributed by atoms with Gasteiger partial charge in [-0.1, -0.05) is 20.3 Å². The van der Waals surface area contributed by atoms with Crippen LogP contribution in [-0.2, 0) is 4.79 Å². The number of hydrogen-bond donors (Lipinski definition) is 2. The van der Waals surface area contributed by atoms with Crippen molar-refractivity contribution in [1.29, 1.82) is 0 Å². The predicted molar refractivity (Wildman–Crippen MR) is 92.4 cm³/mol. The van der Waals surface area contributed by atoms with Crippen LogP contribution in [0, 0.1) is 0 Å². The summed E-state index contributed by atoms with van der Waals surface area (Å²) in [6.45, 7) is 6.01. The van der Waals surface area contributed by atoms with Gasteiger partial charge in [-0.25, -0.2) is 9.98 Å². The molecule has 1 aromatic rings. The first kappa shape index (κ1) is 18.4. The summed E-state index contributed by atoms with van der Waals surface area (Å²) < 4.78 is 0. The minimum absolute atomic E-state index is 0.00966. The van der Waals surface area contributed by atoms with Gasteiger partial charge in [-0.05, 0) is 6.42 Å². The quantitative estimate of drug-likeness (QED) is 0.433. The Balaban J connectivity index is 2.53. The van der Waals surface area contributed by atoms with E-state index in [-0.39, 0.29) is 12.5 Å². The second kappa shape index (κ2) is 10.2. The van der Waals surface area contributed by atoms with Crippen molar-refractivity contribution in [2.24, 2.45) is 4.99 Å². The predicted octanol–water partition coefficient (Wildman–Crippen LogP) is 1.67. The van der Waals surface area contributed by atoms with E-state index in [9.17, 15) is 4.79 Å². The maximum atomic E-state index is 11.7. The van der Waals surface area contributed by atoms with Crippen LogP contribution >= 0.6 is 11.3 Å². The van der Waals surface area contributed by atoms with Crippen molar-refractivity contribution in [2.75, 3.05) is 33.7 Å². The van der Waals surface area contributed by atoms with E-state index in [0.29, 0.717) is 11.9 Å². The smallest absolute Gasteiger partial charge is 0.243 e. The Morgan fingerprint density at radius 1 is 1.45 bits per heavy atom. The molecule has 6 nitrogen and oxygen atoms in total. The highest BCUT2D eigenvalue weighted by atomic mass is 32.1.